The van der Waals surface area contributed by atoms with Crippen LogP contribution in [-0.2, 0) is 26.2 Å². The molecule has 1 atom stereocenters. The maximum absolute atomic E-state index is 13.0. The highest BCUT2D eigenvalue weighted by Crippen LogP contribution is 2.26. The molecule has 2 aromatic carbocycles. The summed E-state index contributed by atoms with van der Waals surface area (Å²) in [6, 6.07) is 8.48. The van der Waals surface area contributed by atoms with Crippen LogP contribution in [0.3, 0.4) is 0 Å². The number of anilines is 1. The Labute approximate surface area is 190 Å². The number of hydrogen-bond acceptors (Lipinski definition) is 4. The second-order valence-electron chi connectivity index (χ2n) is 8.47. The van der Waals surface area contributed by atoms with E-state index in [2.05, 4.69) is 10.0 Å². The SMILES string of the molecule is Cc1cc(C)c(C)c(S(=O)(=O)N[C@@H](C)C(=O)NCc2ccc(N3CCCC3=O)cc2)c1C. The van der Waals surface area contributed by atoms with Crippen molar-refractivity contribution in [3.8, 4) is 0 Å². The van der Waals surface area contributed by atoms with E-state index < -0.39 is 22.0 Å². The molecular formula is C24H31N3O4S. The number of carbonyl (C=O) groups excluding carboxylic acids is 2. The van der Waals surface area contributed by atoms with E-state index in [-0.39, 0.29) is 17.3 Å². The molecule has 2 aromatic rings. The molecule has 0 aliphatic carbocycles. The molecule has 3 rings (SSSR count). The molecule has 0 aromatic heterocycles. The summed E-state index contributed by atoms with van der Waals surface area (Å²) < 4.78 is 28.6. The fourth-order valence-corrected chi connectivity index (χ4v) is 5.80. The van der Waals surface area contributed by atoms with Gasteiger partial charge in [0.15, 0.2) is 0 Å². The third-order valence-corrected chi connectivity index (χ3v) is 7.89. The fraction of sp³-hybridized carbons (Fsp3) is 0.417. The Morgan fingerprint density at radius 1 is 1.06 bits per heavy atom. The van der Waals surface area contributed by atoms with Gasteiger partial charge in [-0.1, -0.05) is 18.2 Å². The van der Waals surface area contributed by atoms with Gasteiger partial charge in [0.25, 0.3) is 0 Å². The number of sulfonamides is 1. The van der Waals surface area contributed by atoms with Crippen molar-refractivity contribution in [2.45, 2.75) is 64.9 Å². The largest absolute Gasteiger partial charge is 0.351 e. The second-order valence-corrected chi connectivity index (χ2v) is 10.1. The maximum atomic E-state index is 13.0. The summed E-state index contributed by atoms with van der Waals surface area (Å²) >= 11 is 0. The Kier molecular flexibility index (Phi) is 7.05. The van der Waals surface area contributed by atoms with Crippen LogP contribution in [0, 0.1) is 27.7 Å². The van der Waals surface area contributed by atoms with Gasteiger partial charge in [0.05, 0.1) is 10.9 Å². The summed E-state index contributed by atoms with van der Waals surface area (Å²) in [6.45, 7) is 9.83. The predicted molar refractivity (Wildman–Crippen MR) is 125 cm³/mol. The van der Waals surface area contributed by atoms with Crippen molar-refractivity contribution in [1.82, 2.24) is 10.0 Å². The van der Waals surface area contributed by atoms with Gasteiger partial charge in [-0.15, -0.1) is 0 Å². The van der Waals surface area contributed by atoms with Gasteiger partial charge in [-0.25, -0.2) is 8.42 Å². The molecule has 8 heteroatoms. The molecule has 0 saturated carbocycles. The Morgan fingerprint density at radius 3 is 2.19 bits per heavy atom. The van der Waals surface area contributed by atoms with Crippen LogP contribution in [0.5, 0.6) is 0 Å². The number of nitrogens with one attached hydrogen (secondary N) is 2. The Balaban J connectivity index is 1.63. The summed E-state index contributed by atoms with van der Waals surface area (Å²) in [6.07, 6.45) is 1.44. The summed E-state index contributed by atoms with van der Waals surface area (Å²) in [7, 11) is -3.86. The standard InChI is InChI=1S/C24H31N3O4S/c1-15-13-16(2)18(4)23(17(15)3)32(30,31)26-19(5)24(29)25-14-20-8-10-21(11-9-20)27-12-6-7-22(27)28/h8-11,13,19,26H,6-7,12,14H2,1-5H3,(H,25,29)/t19-/m0/s1. The molecule has 1 saturated heterocycles. The van der Waals surface area contributed by atoms with Gasteiger partial charge in [-0.3, -0.25) is 9.59 Å². The van der Waals surface area contributed by atoms with Crippen LogP contribution in [0.1, 0.15) is 47.6 Å². The molecule has 2 N–H and O–H groups in total. The number of rotatable bonds is 7. The normalized spacial score (nSPS) is 15.2. The molecule has 1 aliphatic heterocycles. The average molecular weight is 458 g/mol. The van der Waals surface area contributed by atoms with E-state index >= 15 is 0 Å². The minimum atomic E-state index is -3.86. The van der Waals surface area contributed by atoms with E-state index in [0.717, 1.165) is 35.3 Å². The number of amides is 2. The third-order valence-electron chi connectivity index (χ3n) is 6.08. The van der Waals surface area contributed by atoms with Crippen molar-refractivity contribution >= 4 is 27.5 Å². The highest BCUT2D eigenvalue weighted by atomic mass is 32.2. The molecule has 2 amide bonds. The van der Waals surface area contributed by atoms with Crippen LogP contribution in [0.2, 0.25) is 0 Å². The summed E-state index contributed by atoms with van der Waals surface area (Å²) in [4.78, 5) is 26.4. The zero-order valence-corrected chi connectivity index (χ0v) is 20.1. The molecule has 1 heterocycles. The van der Waals surface area contributed by atoms with Crippen LogP contribution in [0.25, 0.3) is 0 Å². The quantitative estimate of drug-likeness (QED) is 0.668. The molecule has 1 fully saturated rings. The van der Waals surface area contributed by atoms with E-state index in [9.17, 15) is 18.0 Å². The van der Waals surface area contributed by atoms with Gasteiger partial charge in [0.2, 0.25) is 21.8 Å². The van der Waals surface area contributed by atoms with E-state index in [0.29, 0.717) is 17.5 Å². The van der Waals surface area contributed by atoms with E-state index in [1.54, 1.807) is 18.7 Å². The van der Waals surface area contributed by atoms with Crippen LogP contribution in [0.15, 0.2) is 35.2 Å². The molecule has 1 aliphatic rings. The highest BCUT2D eigenvalue weighted by Gasteiger charge is 2.26. The third kappa shape index (κ3) is 5.02. The lowest BCUT2D eigenvalue weighted by molar-refractivity contribution is -0.122. The van der Waals surface area contributed by atoms with Crippen LogP contribution in [-0.4, -0.2) is 32.8 Å². The molecular weight excluding hydrogens is 426 g/mol. The first-order valence-electron chi connectivity index (χ1n) is 10.8. The van der Waals surface area contributed by atoms with Crippen LogP contribution >= 0.6 is 0 Å². The first-order valence-corrected chi connectivity index (χ1v) is 12.3. The number of nitrogens with zero attached hydrogens (tertiary/aromatic N) is 1. The number of aryl methyl sites for hydroxylation is 2. The van der Waals surface area contributed by atoms with E-state index in [4.69, 9.17) is 0 Å². The van der Waals surface area contributed by atoms with Crippen LogP contribution < -0.4 is 14.9 Å². The zero-order valence-electron chi connectivity index (χ0n) is 19.3. The molecule has 0 radical (unpaired) electrons. The van der Waals surface area contributed by atoms with Crippen molar-refractivity contribution in [2.24, 2.45) is 0 Å². The number of carbonyl (C=O) groups is 2. The topological polar surface area (TPSA) is 95.6 Å². The smallest absolute Gasteiger partial charge is 0.241 e. The van der Waals surface area contributed by atoms with Crippen molar-refractivity contribution in [3.63, 3.8) is 0 Å². The van der Waals surface area contributed by atoms with Gasteiger partial charge >= 0.3 is 0 Å². The Bertz CT molecular complexity index is 1110. The average Bonchev–Trinajstić information content (AvgIpc) is 3.16. The summed E-state index contributed by atoms with van der Waals surface area (Å²) in [5.74, 6) is -0.284. The maximum Gasteiger partial charge on any atom is 0.241 e. The highest BCUT2D eigenvalue weighted by molar-refractivity contribution is 7.89. The lowest BCUT2D eigenvalue weighted by Gasteiger charge is -2.19. The van der Waals surface area contributed by atoms with Gasteiger partial charge in [-0.05, 0) is 81.0 Å². The monoisotopic (exact) mass is 457 g/mol. The van der Waals surface area contributed by atoms with Crippen molar-refractivity contribution in [2.75, 3.05) is 11.4 Å². The van der Waals surface area contributed by atoms with Crippen LogP contribution in [0.4, 0.5) is 5.69 Å². The van der Waals surface area contributed by atoms with Gasteiger partial charge in [-0.2, -0.15) is 4.72 Å². The zero-order chi connectivity index (χ0) is 23.6. The second kappa shape index (κ2) is 9.42. The molecule has 0 bridgehead atoms. The number of hydrogen-bond donors (Lipinski definition) is 2. The van der Waals surface area contributed by atoms with Gasteiger partial charge in [0, 0.05) is 25.2 Å². The number of benzene rings is 2. The lowest BCUT2D eigenvalue weighted by Crippen LogP contribution is -2.44. The first kappa shape index (κ1) is 23.9. The molecule has 0 unspecified atom stereocenters. The minimum Gasteiger partial charge on any atom is -0.351 e. The lowest BCUT2D eigenvalue weighted by atomic mass is 10.0. The van der Waals surface area contributed by atoms with Gasteiger partial charge in [0.1, 0.15) is 0 Å². The Morgan fingerprint density at radius 2 is 1.66 bits per heavy atom. The summed E-state index contributed by atoms with van der Waals surface area (Å²) in [5, 5.41) is 2.78. The predicted octanol–water partition coefficient (Wildman–Crippen LogP) is 3.03. The summed E-state index contributed by atoms with van der Waals surface area (Å²) in [5.41, 5.74) is 4.87. The van der Waals surface area contributed by atoms with Gasteiger partial charge < -0.3 is 10.2 Å². The molecule has 7 nitrogen and oxygen atoms in total. The van der Waals surface area contributed by atoms with Crippen molar-refractivity contribution in [1.29, 1.82) is 0 Å². The van der Waals surface area contributed by atoms with E-state index in [1.807, 2.05) is 44.2 Å². The molecule has 172 valence electrons. The van der Waals surface area contributed by atoms with E-state index in [1.165, 1.54) is 6.92 Å². The first-order chi connectivity index (χ1) is 15.0. The molecule has 32 heavy (non-hydrogen) atoms. The minimum absolute atomic E-state index is 0.126. The van der Waals surface area contributed by atoms with Crippen molar-refractivity contribution in [3.05, 3.63) is 58.1 Å². The fourth-order valence-electron chi connectivity index (χ4n) is 3.99. The van der Waals surface area contributed by atoms with Crippen molar-refractivity contribution < 1.29 is 18.0 Å². The Hall–Kier alpha value is -2.71. The molecule has 0 spiro atoms.